The second-order valence-electron chi connectivity index (χ2n) is 7.42. The van der Waals surface area contributed by atoms with Crippen LogP contribution in [0, 0.1) is 0 Å². The maximum Gasteiger partial charge on any atom is 0.181 e. The molecule has 0 aliphatic carbocycles. The molecule has 4 heteroatoms. The maximum absolute atomic E-state index is 6.21. The van der Waals surface area contributed by atoms with E-state index in [-0.39, 0.29) is 5.62 Å². The van der Waals surface area contributed by atoms with Crippen LogP contribution < -0.4 is 0 Å². The summed E-state index contributed by atoms with van der Waals surface area (Å²) < 4.78 is 5.71. The first-order valence-electron chi connectivity index (χ1n) is 10.6. The number of alkyl halides is 1. The van der Waals surface area contributed by atoms with Gasteiger partial charge in [0, 0.05) is 26.1 Å². The van der Waals surface area contributed by atoms with E-state index >= 15 is 0 Å². The van der Waals surface area contributed by atoms with E-state index in [0.717, 1.165) is 13.0 Å². The predicted octanol–water partition coefficient (Wildman–Crippen LogP) is 6.68. The lowest BCUT2D eigenvalue weighted by molar-refractivity contribution is 0.0354. The van der Waals surface area contributed by atoms with Gasteiger partial charge in [0.25, 0.3) is 0 Å². The molecule has 0 N–H and O–H groups in total. The molecule has 0 aromatic heterocycles. The van der Waals surface area contributed by atoms with Gasteiger partial charge >= 0.3 is 0 Å². The Morgan fingerprint density at radius 1 is 0.760 bits per heavy atom. The van der Waals surface area contributed by atoms with Gasteiger partial charge in [-0.05, 0) is 6.42 Å². The van der Waals surface area contributed by atoms with E-state index in [1.54, 1.807) is 0 Å². The molecule has 1 rings (SSSR count). The number of ether oxygens (including phenoxy) is 1. The minimum Gasteiger partial charge on any atom is -0.361 e. The minimum atomic E-state index is -0.101. The maximum atomic E-state index is 6.21. The van der Waals surface area contributed by atoms with Gasteiger partial charge < -0.3 is 14.5 Å². The van der Waals surface area contributed by atoms with E-state index < -0.39 is 0 Å². The van der Waals surface area contributed by atoms with Gasteiger partial charge in [0.05, 0.1) is 0 Å². The molecule has 0 fully saturated rings. The minimum absolute atomic E-state index is 0.101. The van der Waals surface area contributed by atoms with Crippen molar-refractivity contribution < 1.29 is 4.74 Å². The molecule has 1 unspecified atom stereocenters. The largest absolute Gasteiger partial charge is 0.361 e. The van der Waals surface area contributed by atoms with Crippen LogP contribution in [0.15, 0.2) is 12.4 Å². The summed E-state index contributed by atoms with van der Waals surface area (Å²) in [6.45, 7) is 3.72. The van der Waals surface area contributed by atoms with Gasteiger partial charge in [-0.15, -0.1) is 0 Å². The standard InChI is InChI=1S/C21H41ClN2O/c1-3-4-5-6-7-8-9-10-11-12-13-14-15-16-19-25-20-24-18-17-23(2)21(24)22/h17-18,21H,3-16,19-20H2,1-2H3. The van der Waals surface area contributed by atoms with Crippen molar-refractivity contribution in [2.75, 3.05) is 20.4 Å². The van der Waals surface area contributed by atoms with Crippen molar-refractivity contribution in [2.24, 2.45) is 0 Å². The topological polar surface area (TPSA) is 15.7 Å². The Kier molecular flexibility index (Phi) is 14.3. The summed E-state index contributed by atoms with van der Waals surface area (Å²) in [6.07, 6.45) is 23.5. The molecule has 0 saturated heterocycles. The molecule has 1 heterocycles. The first-order chi connectivity index (χ1) is 12.3. The number of hydrogen-bond acceptors (Lipinski definition) is 3. The third-order valence-corrected chi connectivity index (χ3v) is 5.54. The third-order valence-electron chi connectivity index (χ3n) is 4.99. The van der Waals surface area contributed by atoms with Gasteiger partial charge in [0.1, 0.15) is 6.73 Å². The second-order valence-corrected chi connectivity index (χ2v) is 7.81. The zero-order valence-corrected chi connectivity index (χ0v) is 17.5. The normalized spacial score (nSPS) is 17.0. The number of halogens is 1. The molecular formula is C21H41ClN2O. The summed E-state index contributed by atoms with van der Waals surface area (Å²) in [5, 5.41) is 0. The van der Waals surface area contributed by atoms with E-state index in [1.165, 1.54) is 83.5 Å². The van der Waals surface area contributed by atoms with Crippen LogP contribution in [0.4, 0.5) is 0 Å². The molecule has 1 aliphatic rings. The molecule has 148 valence electrons. The van der Waals surface area contributed by atoms with Crippen molar-refractivity contribution in [2.45, 2.75) is 102 Å². The van der Waals surface area contributed by atoms with E-state index in [9.17, 15) is 0 Å². The van der Waals surface area contributed by atoms with Gasteiger partial charge in [0.15, 0.2) is 5.62 Å². The Labute approximate surface area is 161 Å². The van der Waals surface area contributed by atoms with Crippen molar-refractivity contribution in [1.82, 2.24) is 9.80 Å². The highest BCUT2D eigenvalue weighted by atomic mass is 35.5. The van der Waals surface area contributed by atoms with Crippen LogP contribution >= 0.6 is 11.6 Å². The average molecular weight is 373 g/mol. The number of hydrogen-bond donors (Lipinski definition) is 0. The summed E-state index contributed by atoms with van der Waals surface area (Å²) in [6, 6.07) is 0. The van der Waals surface area contributed by atoms with Gasteiger partial charge in [-0.25, -0.2) is 0 Å². The van der Waals surface area contributed by atoms with Crippen molar-refractivity contribution in [3.05, 3.63) is 12.4 Å². The first-order valence-corrected chi connectivity index (χ1v) is 11.1. The summed E-state index contributed by atoms with van der Waals surface area (Å²) in [5.41, 5.74) is -0.101. The number of unbranched alkanes of at least 4 members (excludes halogenated alkanes) is 13. The Morgan fingerprint density at radius 2 is 1.24 bits per heavy atom. The zero-order valence-electron chi connectivity index (χ0n) is 16.7. The number of nitrogens with zero attached hydrogens (tertiary/aromatic N) is 2. The molecule has 0 aromatic rings. The van der Waals surface area contributed by atoms with Crippen molar-refractivity contribution in [3.8, 4) is 0 Å². The molecule has 0 bridgehead atoms. The molecule has 0 saturated carbocycles. The fraction of sp³-hybridized carbons (Fsp3) is 0.905. The van der Waals surface area contributed by atoms with Gasteiger partial charge in [-0.2, -0.15) is 0 Å². The van der Waals surface area contributed by atoms with Crippen LogP contribution in [0.2, 0.25) is 0 Å². The lowest BCUT2D eigenvalue weighted by Gasteiger charge is -2.24. The van der Waals surface area contributed by atoms with E-state index in [1.807, 2.05) is 29.2 Å². The highest BCUT2D eigenvalue weighted by Crippen LogP contribution is 2.17. The third kappa shape index (κ3) is 11.8. The average Bonchev–Trinajstić information content (AvgIpc) is 2.93. The Balaban J connectivity index is 1.72. The summed E-state index contributed by atoms with van der Waals surface area (Å²) in [4.78, 5) is 3.97. The highest BCUT2D eigenvalue weighted by molar-refractivity contribution is 6.20. The van der Waals surface area contributed by atoms with Gasteiger partial charge in [0.2, 0.25) is 0 Å². The van der Waals surface area contributed by atoms with Gasteiger partial charge in [-0.1, -0.05) is 102 Å². The lowest BCUT2D eigenvalue weighted by Crippen LogP contribution is -2.33. The highest BCUT2D eigenvalue weighted by Gasteiger charge is 2.20. The lowest BCUT2D eigenvalue weighted by atomic mass is 10.0. The Bertz CT molecular complexity index is 325. The van der Waals surface area contributed by atoms with Crippen LogP contribution in [0.1, 0.15) is 96.8 Å². The number of rotatable bonds is 17. The van der Waals surface area contributed by atoms with Crippen LogP contribution in [0.3, 0.4) is 0 Å². The predicted molar refractivity (Wildman–Crippen MR) is 110 cm³/mol. The smallest absolute Gasteiger partial charge is 0.181 e. The fourth-order valence-electron chi connectivity index (χ4n) is 3.24. The molecule has 0 amide bonds. The van der Waals surface area contributed by atoms with E-state index in [2.05, 4.69) is 6.92 Å². The summed E-state index contributed by atoms with van der Waals surface area (Å²) >= 11 is 6.21. The van der Waals surface area contributed by atoms with E-state index in [4.69, 9.17) is 16.3 Å². The second kappa shape index (κ2) is 15.8. The monoisotopic (exact) mass is 372 g/mol. The SMILES string of the molecule is CCCCCCCCCCCCCCCCOCN1C=CN(C)C1Cl. The quantitative estimate of drug-likeness (QED) is 0.161. The zero-order chi connectivity index (χ0) is 18.2. The van der Waals surface area contributed by atoms with Crippen LogP contribution in [0.5, 0.6) is 0 Å². The van der Waals surface area contributed by atoms with Crippen LogP contribution in [-0.2, 0) is 4.74 Å². The first kappa shape index (κ1) is 22.6. The van der Waals surface area contributed by atoms with Gasteiger partial charge in [-0.3, -0.25) is 0 Å². The molecule has 3 nitrogen and oxygen atoms in total. The van der Waals surface area contributed by atoms with Crippen molar-refractivity contribution in [3.63, 3.8) is 0 Å². The van der Waals surface area contributed by atoms with Crippen LogP contribution in [-0.4, -0.2) is 35.8 Å². The molecule has 1 aliphatic heterocycles. The Morgan fingerprint density at radius 3 is 1.68 bits per heavy atom. The molecule has 0 aromatic carbocycles. The molecule has 25 heavy (non-hydrogen) atoms. The van der Waals surface area contributed by atoms with Crippen LogP contribution in [0.25, 0.3) is 0 Å². The Hall–Kier alpha value is -0.410. The molecular weight excluding hydrogens is 332 g/mol. The molecule has 1 atom stereocenters. The molecule has 0 radical (unpaired) electrons. The summed E-state index contributed by atoms with van der Waals surface area (Å²) in [5.74, 6) is 0. The molecule has 0 spiro atoms. The van der Waals surface area contributed by atoms with E-state index in [0.29, 0.717) is 6.73 Å². The van der Waals surface area contributed by atoms with Crippen molar-refractivity contribution >= 4 is 11.6 Å². The fourth-order valence-corrected chi connectivity index (χ4v) is 3.43. The van der Waals surface area contributed by atoms with Crippen molar-refractivity contribution in [1.29, 1.82) is 0 Å². The summed E-state index contributed by atoms with van der Waals surface area (Å²) in [7, 11) is 1.97.